The zero-order chi connectivity index (χ0) is 21.6. The minimum atomic E-state index is -0.259. The lowest BCUT2D eigenvalue weighted by Gasteiger charge is -2.21. The first kappa shape index (κ1) is 21.2. The van der Waals surface area contributed by atoms with Gasteiger partial charge in [-0.3, -0.25) is 4.79 Å². The smallest absolute Gasteiger partial charge is 0.291 e. The van der Waals surface area contributed by atoms with E-state index in [1.54, 1.807) is 41.4 Å². The summed E-state index contributed by atoms with van der Waals surface area (Å²) in [6.45, 7) is 2.11. The van der Waals surface area contributed by atoms with E-state index >= 15 is 0 Å². The number of pyridine rings is 1. The third kappa shape index (κ3) is 5.00. The van der Waals surface area contributed by atoms with Crippen LogP contribution in [0.15, 0.2) is 82.4 Å². The molecule has 0 aliphatic carbocycles. The molecular weight excluding hydrogens is 426 g/mol. The predicted octanol–water partition coefficient (Wildman–Crippen LogP) is 6.47. The molecule has 31 heavy (non-hydrogen) atoms. The monoisotopic (exact) mass is 449 g/mol. The average Bonchev–Trinajstić information content (AvgIpc) is 3.49. The molecule has 1 amide bonds. The van der Waals surface area contributed by atoms with Gasteiger partial charge in [-0.05, 0) is 60.7 Å². The van der Waals surface area contributed by atoms with E-state index in [0.717, 1.165) is 28.4 Å². The highest BCUT2D eigenvalue weighted by atomic mass is 32.2. The minimum Gasteiger partial charge on any atom is -0.459 e. The second-order valence-electron chi connectivity index (χ2n) is 6.85. The van der Waals surface area contributed by atoms with E-state index in [1.807, 2.05) is 18.2 Å². The van der Waals surface area contributed by atoms with Gasteiger partial charge in [-0.2, -0.15) is 0 Å². The molecular formula is C24H23N3O2S2. The third-order valence-corrected chi connectivity index (χ3v) is 6.80. The summed E-state index contributed by atoms with van der Waals surface area (Å²) in [7, 11) is 0. The predicted molar refractivity (Wildman–Crippen MR) is 128 cm³/mol. The highest BCUT2D eigenvalue weighted by Crippen LogP contribution is 2.38. The Balaban J connectivity index is 1.74. The van der Waals surface area contributed by atoms with Gasteiger partial charge in [0.2, 0.25) is 0 Å². The maximum Gasteiger partial charge on any atom is 0.291 e. The van der Waals surface area contributed by atoms with Crippen molar-refractivity contribution in [2.24, 2.45) is 0 Å². The minimum absolute atomic E-state index is 0.172. The van der Waals surface area contributed by atoms with Crippen molar-refractivity contribution in [2.45, 2.75) is 24.3 Å². The Hall–Kier alpha value is -3.03. The van der Waals surface area contributed by atoms with Gasteiger partial charge in [0.25, 0.3) is 5.91 Å². The molecule has 0 saturated carbocycles. The number of hydrogen-bond donors (Lipinski definition) is 2. The van der Waals surface area contributed by atoms with Crippen molar-refractivity contribution in [1.82, 2.24) is 4.98 Å². The van der Waals surface area contributed by atoms with Crippen molar-refractivity contribution in [2.75, 3.05) is 16.9 Å². The number of carbonyl (C=O) groups is 1. The molecule has 5 nitrogen and oxygen atoms in total. The fraction of sp³-hybridized carbons (Fsp3) is 0.167. The molecule has 7 heteroatoms. The first-order chi connectivity index (χ1) is 15.2. The van der Waals surface area contributed by atoms with Crippen LogP contribution in [-0.2, 0) is 6.42 Å². The fourth-order valence-electron chi connectivity index (χ4n) is 3.25. The van der Waals surface area contributed by atoms with Crippen molar-refractivity contribution < 1.29 is 9.21 Å². The van der Waals surface area contributed by atoms with Crippen LogP contribution >= 0.6 is 23.1 Å². The second-order valence-corrected chi connectivity index (χ2v) is 8.86. The molecule has 3 aromatic heterocycles. The molecule has 0 aliphatic heterocycles. The van der Waals surface area contributed by atoms with Gasteiger partial charge in [0.15, 0.2) is 5.76 Å². The number of anilines is 2. The van der Waals surface area contributed by atoms with E-state index in [0.29, 0.717) is 0 Å². The van der Waals surface area contributed by atoms with Crippen LogP contribution in [0.25, 0.3) is 0 Å². The van der Waals surface area contributed by atoms with E-state index in [2.05, 4.69) is 59.1 Å². The van der Waals surface area contributed by atoms with Gasteiger partial charge in [-0.25, -0.2) is 4.98 Å². The Kier molecular flexibility index (Phi) is 6.74. The summed E-state index contributed by atoms with van der Waals surface area (Å²) in [6.07, 6.45) is 6.21. The number of thiophene rings is 1. The number of carbonyl (C=O) groups excluding carboxylic acids is 1. The van der Waals surface area contributed by atoms with Crippen LogP contribution in [0, 0.1) is 0 Å². The number of nitrogens with one attached hydrogen (secondary N) is 2. The van der Waals surface area contributed by atoms with Gasteiger partial charge in [0, 0.05) is 21.5 Å². The van der Waals surface area contributed by atoms with E-state index in [-0.39, 0.29) is 17.7 Å². The summed E-state index contributed by atoms with van der Waals surface area (Å²) >= 11 is 3.30. The molecule has 4 rings (SSSR count). The van der Waals surface area contributed by atoms with Gasteiger partial charge in [0.1, 0.15) is 10.8 Å². The lowest BCUT2D eigenvalue weighted by molar-refractivity contribution is 0.0997. The Labute approximate surface area is 189 Å². The molecule has 4 aromatic rings. The second kappa shape index (κ2) is 9.85. The van der Waals surface area contributed by atoms with E-state index in [9.17, 15) is 4.79 Å². The topological polar surface area (TPSA) is 67.2 Å². The number of furan rings is 1. The van der Waals surface area contributed by atoms with Crippen LogP contribution in [0.5, 0.6) is 0 Å². The SMILES string of the molecule is CCc1cc([C@H](Nc2ccccn2)c2ccc(SC)cc2)c(NC(=O)c2ccco2)s1. The number of aryl methyl sites for hydroxylation is 1. The Bertz CT molecular complexity index is 1120. The Morgan fingerprint density at radius 3 is 2.65 bits per heavy atom. The molecule has 0 spiro atoms. The van der Waals surface area contributed by atoms with Crippen molar-refractivity contribution in [1.29, 1.82) is 0 Å². The summed E-state index contributed by atoms with van der Waals surface area (Å²) in [5.74, 6) is 0.801. The van der Waals surface area contributed by atoms with Crippen molar-refractivity contribution in [3.8, 4) is 0 Å². The first-order valence-electron chi connectivity index (χ1n) is 9.97. The molecule has 0 fully saturated rings. The third-order valence-electron chi connectivity index (χ3n) is 4.85. The van der Waals surface area contributed by atoms with Crippen molar-refractivity contribution in [3.63, 3.8) is 0 Å². The maximum atomic E-state index is 12.7. The summed E-state index contributed by atoms with van der Waals surface area (Å²) in [5, 5.41) is 7.40. The van der Waals surface area contributed by atoms with Gasteiger partial charge >= 0.3 is 0 Å². The summed E-state index contributed by atoms with van der Waals surface area (Å²) in [4.78, 5) is 19.5. The van der Waals surface area contributed by atoms with Crippen LogP contribution in [0.3, 0.4) is 0 Å². The lowest BCUT2D eigenvalue weighted by Crippen LogP contribution is -2.16. The number of hydrogen-bond acceptors (Lipinski definition) is 6. The van der Waals surface area contributed by atoms with Crippen LogP contribution < -0.4 is 10.6 Å². The summed E-state index contributed by atoms with van der Waals surface area (Å²) in [6, 6.07) is 19.6. The van der Waals surface area contributed by atoms with Crippen molar-refractivity contribution >= 4 is 39.8 Å². The van der Waals surface area contributed by atoms with Gasteiger partial charge in [-0.1, -0.05) is 25.1 Å². The zero-order valence-corrected chi connectivity index (χ0v) is 18.9. The van der Waals surface area contributed by atoms with E-state index < -0.39 is 0 Å². The van der Waals surface area contributed by atoms with Crippen LogP contribution in [0.4, 0.5) is 10.8 Å². The molecule has 0 bridgehead atoms. The normalized spacial score (nSPS) is 11.8. The molecule has 0 radical (unpaired) electrons. The number of nitrogens with zero attached hydrogens (tertiary/aromatic N) is 1. The number of rotatable bonds is 8. The van der Waals surface area contributed by atoms with Crippen LogP contribution in [0.1, 0.15) is 39.5 Å². The summed E-state index contributed by atoms with van der Waals surface area (Å²) < 4.78 is 5.27. The van der Waals surface area contributed by atoms with Gasteiger partial charge in [0.05, 0.1) is 12.3 Å². The largest absolute Gasteiger partial charge is 0.459 e. The molecule has 3 heterocycles. The van der Waals surface area contributed by atoms with Crippen LogP contribution in [0.2, 0.25) is 0 Å². The van der Waals surface area contributed by atoms with Crippen molar-refractivity contribution in [3.05, 3.63) is 94.9 Å². The van der Waals surface area contributed by atoms with Gasteiger partial charge in [-0.15, -0.1) is 23.1 Å². The number of benzene rings is 1. The number of amides is 1. The number of aromatic nitrogens is 1. The molecule has 0 aliphatic rings. The Morgan fingerprint density at radius 2 is 2.00 bits per heavy atom. The average molecular weight is 450 g/mol. The molecule has 2 N–H and O–H groups in total. The quantitative estimate of drug-likeness (QED) is 0.302. The molecule has 0 saturated heterocycles. The van der Waals surface area contributed by atoms with E-state index in [4.69, 9.17) is 4.42 Å². The molecule has 1 aromatic carbocycles. The fourth-order valence-corrected chi connectivity index (χ4v) is 4.69. The van der Waals surface area contributed by atoms with Gasteiger partial charge < -0.3 is 15.1 Å². The van der Waals surface area contributed by atoms with E-state index in [1.165, 1.54) is 16.0 Å². The highest BCUT2D eigenvalue weighted by molar-refractivity contribution is 7.98. The summed E-state index contributed by atoms with van der Waals surface area (Å²) in [5.41, 5.74) is 2.10. The standard InChI is InChI=1S/C24H23N3O2S2/c1-3-17-15-19(24(31-17)27-23(28)20-7-6-14-29-20)22(26-21-8-4-5-13-25-21)16-9-11-18(30-2)12-10-16/h4-15,22H,3H2,1-2H3,(H,25,26)(H,27,28)/t22-/m1/s1. The molecule has 158 valence electrons. The molecule has 1 atom stereocenters. The molecule has 0 unspecified atom stereocenters. The lowest BCUT2D eigenvalue weighted by atomic mass is 9.99. The zero-order valence-electron chi connectivity index (χ0n) is 17.3. The van der Waals surface area contributed by atoms with Crippen LogP contribution in [-0.4, -0.2) is 17.1 Å². The highest BCUT2D eigenvalue weighted by Gasteiger charge is 2.23. The maximum absolute atomic E-state index is 12.7. The Morgan fingerprint density at radius 1 is 1.16 bits per heavy atom. The number of thioether (sulfide) groups is 1. The first-order valence-corrected chi connectivity index (χ1v) is 12.0.